The van der Waals surface area contributed by atoms with E-state index in [4.69, 9.17) is 9.26 Å². The van der Waals surface area contributed by atoms with Gasteiger partial charge in [0.1, 0.15) is 5.75 Å². The van der Waals surface area contributed by atoms with Gasteiger partial charge in [-0.3, -0.25) is 9.20 Å². The number of hydrogen-bond acceptors (Lipinski definition) is 7. The summed E-state index contributed by atoms with van der Waals surface area (Å²) in [6.45, 7) is 2.22. The van der Waals surface area contributed by atoms with Gasteiger partial charge in [-0.2, -0.15) is 4.98 Å². The number of pyridine rings is 1. The van der Waals surface area contributed by atoms with Crippen LogP contribution in [-0.2, 0) is 24.2 Å². The van der Waals surface area contributed by atoms with Gasteiger partial charge in [-0.25, -0.2) is 0 Å². The molecule has 1 amide bonds. The molecule has 0 aliphatic carbocycles. The van der Waals surface area contributed by atoms with Crippen molar-refractivity contribution in [3.8, 4) is 17.2 Å². The molecule has 4 rings (SSSR count). The van der Waals surface area contributed by atoms with Crippen molar-refractivity contribution in [2.45, 2.75) is 26.3 Å². The highest BCUT2D eigenvalue weighted by Crippen LogP contribution is 2.20. The van der Waals surface area contributed by atoms with Crippen molar-refractivity contribution in [1.29, 1.82) is 0 Å². The Labute approximate surface area is 166 Å². The molecule has 3 heterocycles. The predicted molar refractivity (Wildman–Crippen MR) is 104 cm³/mol. The second kappa shape index (κ2) is 8.09. The molecule has 0 aliphatic heterocycles. The van der Waals surface area contributed by atoms with Crippen LogP contribution in [0.1, 0.15) is 24.1 Å². The van der Waals surface area contributed by atoms with E-state index in [0.29, 0.717) is 35.4 Å². The highest BCUT2D eigenvalue weighted by molar-refractivity contribution is 5.79. The van der Waals surface area contributed by atoms with Crippen LogP contribution in [-0.4, -0.2) is 37.8 Å². The standard InChI is InChI=1S/C20H20N6O3/c1-3-16-22-20(29-25-16)14-8-9-26-17(10-14)23-24-18(26)12-21-19(27)11-13-6-4-5-7-15(13)28-2/h4-10H,3,11-12H2,1-2H3,(H,21,27). The summed E-state index contributed by atoms with van der Waals surface area (Å²) in [4.78, 5) is 16.7. The molecular formula is C20H20N6O3. The minimum Gasteiger partial charge on any atom is -0.496 e. The molecule has 0 aliphatic rings. The van der Waals surface area contributed by atoms with Gasteiger partial charge in [0.2, 0.25) is 5.91 Å². The number of aromatic nitrogens is 5. The van der Waals surface area contributed by atoms with E-state index in [0.717, 1.165) is 11.1 Å². The second-order valence-corrected chi connectivity index (χ2v) is 6.39. The fraction of sp³-hybridized carbons (Fsp3) is 0.250. The minimum atomic E-state index is -0.124. The Balaban J connectivity index is 1.45. The molecule has 9 nitrogen and oxygen atoms in total. The number of carbonyl (C=O) groups excluding carboxylic acids is 1. The van der Waals surface area contributed by atoms with E-state index in [-0.39, 0.29) is 18.9 Å². The van der Waals surface area contributed by atoms with Crippen molar-refractivity contribution in [2.24, 2.45) is 0 Å². The number of nitrogens with one attached hydrogen (secondary N) is 1. The molecule has 29 heavy (non-hydrogen) atoms. The number of ether oxygens (including phenoxy) is 1. The number of amides is 1. The highest BCUT2D eigenvalue weighted by Gasteiger charge is 2.13. The third-order valence-electron chi connectivity index (χ3n) is 4.50. The maximum Gasteiger partial charge on any atom is 0.258 e. The largest absolute Gasteiger partial charge is 0.496 e. The number of carbonyl (C=O) groups is 1. The highest BCUT2D eigenvalue weighted by atomic mass is 16.5. The second-order valence-electron chi connectivity index (χ2n) is 6.39. The summed E-state index contributed by atoms with van der Waals surface area (Å²) in [5, 5.41) is 15.1. The summed E-state index contributed by atoms with van der Waals surface area (Å²) in [5.74, 6) is 2.29. The lowest BCUT2D eigenvalue weighted by molar-refractivity contribution is -0.120. The van der Waals surface area contributed by atoms with Crippen molar-refractivity contribution in [3.05, 3.63) is 59.8 Å². The molecule has 0 unspecified atom stereocenters. The van der Waals surface area contributed by atoms with Crippen LogP contribution < -0.4 is 10.1 Å². The van der Waals surface area contributed by atoms with Gasteiger partial charge in [-0.1, -0.05) is 30.3 Å². The van der Waals surface area contributed by atoms with Gasteiger partial charge in [0, 0.05) is 23.7 Å². The predicted octanol–water partition coefficient (Wildman–Crippen LogP) is 2.21. The van der Waals surface area contributed by atoms with Crippen LogP contribution in [0.5, 0.6) is 5.75 Å². The monoisotopic (exact) mass is 392 g/mol. The van der Waals surface area contributed by atoms with Crippen molar-refractivity contribution in [2.75, 3.05) is 7.11 Å². The average molecular weight is 392 g/mol. The number of hydrogen-bond donors (Lipinski definition) is 1. The molecule has 0 bridgehead atoms. The minimum absolute atomic E-state index is 0.124. The Kier molecular flexibility index (Phi) is 5.19. The van der Waals surface area contributed by atoms with Gasteiger partial charge >= 0.3 is 0 Å². The summed E-state index contributed by atoms with van der Waals surface area (Å²) in [6, 6.07) is 11.1. The smallest absolute Gasteiger partial charge is 0.258 e. The zero-order valence-corrected chi connectivity index (χ0v) is 16.1. The van der Waals surface area contributed by atoms with Gasteiger partial charge in [0.15, 0.2) is 17.3 Å². The normalized spacial score (nSPS) is 11.0. The van der Waals surface area contributed by atoms with E-state index in [1.54, 1.807) is 7.11 Å². The zero-order valence-electron chi connectivity index (χ0n) is 16.1. The van der Waals surface area contributed by atoms with E-state index in [1.165, 1.54) is 0 Å². The quantitative estimate of drug-likeness (QED) is 0.514. The molecule has 9 heteroatoms. The van der Waals surface area contributed by atoms with Crippen LogP contribution in [0.25, 0.3) is 17.1 Å². The van der Waals surface area contributed by atoms with Gasteiger partial charge in [0.05, 0.1) is 20.1 Å². The summed E-state index contributed by atoms with van der Waals surface area (Å²) in [6.07, 6.45) is 2.75. The Morgan fingerprint density at radius 2 is 2.10 bits per heavy atom. The summed E-state index contributed by atoms with van der Waals surface area (Å²) < 4.78 is 12.4. The van der Waals surface area contributed by atoms with Gasteiger partial charge in [0.25, 0.3) is 5.89 Å². The number of benzene rings is 1. The molecule has 1 aromatic carbocycles. The van der Waals surface area contributed by atoms with E-state index >= 15 is 0 Å². The molecule has 0 saturated carbocycles. The maximum absolute atomic E-state index is 12.3. The SMILES string of the molecule is CCc1noc(-c2ccn3c(CNC(=O)Cc4ccccc4OC)nnc3c2)n1. The Morgan fingerprint density at radius 1 is 1.24 bits per heavy atom. The van der Waals surface area contributed by atoms with E-state index in [2.05, 4.69) is 25.7 Å². The molecule has 148 valence electrons. The summed E-state index contributed by atoms with van der Waals surface area (Å²) in [7, 11) is 1.59. The van der Waals surface area contributed by atoms with Crippen LogP contribution in [0, 0.1) is 0 Å². The Hall–Kier alpha value is -3.75. The Bertz CT molecular complexity index is 1150. The van der Waals surface area contributed by atoms with Crippen LogP contribution >= 0.6 is 0 Å². The van der Waals surface area contributed by atoms with E-state index in [9.17, 15) is 4.79 Å². The lowest BCUT2D eigenvalue weighted by Crippen LogP contribution is -2.25. The van der Waals surface area contributed by atoms with Crippen LogP contribution in [0.2, 0.25) is 0 Å². The van der Waals surface area contributed by atoms with Crippen molar-refractivity contribution in [1.82, 2.24) is 30.1 Å². The first kappa shape index (κ1) is 18.6. The molecule has 0 spiro atoms. The van der Waals surface area contributed by atoms with Crippen LogP contribution in [0.15, 0.2) is 47.1 Å². The first-order chi connectivity index (χ1) is 14.2. The van der Waals surface area contributed by atoms with E-state index < -0.39 is 0 Å². The van der Waals surface area contributed by atoms with Gasteiger partial charge in [-0.15, -0.1) is 10.2 Å². The van der Waals surface area contributed by atoms with Crippen LogP contribution in [0.4, 0.5) is 0 Å². The molecule has 0 fully saturated rings. The molecule has 4 aromatic rings. The van der Waals surface area contributed by atoms with E-state index in [1.807, 2.05) is 53.9 Å². The van der Waals surface area contributed by atoms with Crippen molar-refractivity contribution >= 4 is 11.6 Å². The van der Waals surface area contributed by atoms with Crippen molar-refractivity contribution in [3.63, 3.8) is 0 Å². The lowest BCUT2D eigenvalue weighted by Gasteiger charge is -2.08. The van der Waals surface area contributed by atoms with Crippen molar-refractivity contribution < 1.29 is 14.1 Å². The first-order valence-electron chi connectivity index (χ1n) is 9.23. The fourth-order valence-corrected chi connectivity index (χ4v) is 2.97. The molecule has 0 atom stereocenters. The Morgan fingerprint density at radius 3 is 2.90 bits per heavy atom. The maximum atomic E-state index is 12.3. The first-order valence-corrected chi connectivity index (χ1v) is 9.23. The van der Waals surface area contributed by atoms with Gasteiger partial charge < -0.3 is 14.6 Å². The number of para-hydroxylation sites is 1. The number of nitrogens with zero attached hydrogens (tertiary/aromatic N) is 5. The number of aryl methyl sites for hydroxylation is 1. The molecule has 0 saturated heterocycles. The summed E-state index contributed by atoms with van der Waals surface area (Å²) in [5.41, 5.74) is 2.23. The molecule has 3 aromatic heterocycles. The van der Waals surface area contributed by atoms with Crippen LogP contribution in [0.3, 0.4) is 0 Å². The number of methoxy groups -OCH3 is 1. The number of fused-ring (bicyclic) bond motifs is 1. The number of rotatable bonds is 7. The molecular weight excluding hydrogens is 372 g/mol. The fourth-order valence-electron chi connectivity index (χ4n) is 2.97. The average Bonchev–Trinajstić information content (AvgIpc) is 3.39. The molecule has 0 radical (unpaired) electrons. The van der Waals surface area contributed by atoms with Gasteiger partial charge in [-0.05, 0) is 18.2 Å². The summed E-state index contributed by atoms with van der Waals surface area (Å²) >= 11 is 0. The molecule has 1 N–H and O–H groups in total. The topological polar surface area (TPSA) is 107 Å². The lowest BCUT2D eigenvalue weighted by atomic mass is 10.1. The third-order valence-corrected chi connectivity index (χ3v) is 4.50. The zero-order chi connectivity index (χ0) is 20.2. The third kappa shape index (κ3) is 3.93.